The standard InChI is InChI=1S/C19H30N4O/c1-14-6-5-9-18(21-14)20-12-16-10-11-23(13-16)15(2)19(24)22-17-7-3-4-8-17/h5-6,9,15-17H,3-4,7-8,10-13H2,1-2H3,(H,20,21)(H,22,24)/t15-,16+/m0/s1. The number of carbonyl (C=O) groups excluding carboxylic acids is 1. The molecule has 24 heavy (non-hydrogen) atoms. The molecule has 0 radical (unpaired) electrons. The molecule has 2 heterocycles. The first-order chi connectivity index (χ1) is 11.6. The second-order valence-corrected chi connectivity index (χ2v) is 7.36. The number of hydrogen-bond acceptors (Lipinski definition) is 4. The summed E-state index contributed by atoms with van der Waals surface area (Å²) in [6.07, 6.45) is 5.94. The van der Waals surface area contributed by atoms with Crippen molar-refractivity contribution in [3.63, 3.8) is 0 Å². The summed E-state index contributed by atoms with van der Waals surface area (Å²) in [5.41, 5.74) is 1.03. The van der Waals surface area contributed by atoms with E-state index in [0.29, 0.717) is 12.0 Å². The van der Waals surface area contributed by atoms with Crippen LogP contribution >= 0.6 is 0 Å². The number of rotatable bonds is 6. The van der Waals surface area contributed by atoms with Gasteiger partial charge in [0.25, 0.3) is 0 Å². The molecule has 0 aromatic carbocycles. The minimum absolute atomic E-state index is 0.0207. The summed E-state index contributed by atoms with van der Waals surface area (Å²) in [4.78, 5) is 19.2. The van der Waals surface area contributed by atoms with E-state index in [1.54, 1.807) is 0 Å². The first kappa shape index (κ1) is 17.2. The van der Waals surface area contributed by atoms with Crippen molar-refractivity contribution in [2.75, 3.05) is 25.0 Å². The van der Waals surface area contributed by atoms with Gasteiger partial charge in [-0.2, -0.15) is 0 Å². The van der Waals surface area contributed by atoms with Gasteiger partial charge >= 0.3 is 0 Å². The number of hydrogen-bond donors (Lipinski definition) is 2. The predicted octanol–water partition coefficient (Wildman–Crippen LogP) is 2.57. The van der Waals surface area contributed by atoms with Crippen molar-refractivity contribution in [2.45, 2.75) is 58.0 Å². The van der Waals surface area contributed by atoms with Gasteiger partial charge < -0.3 is 10.6 Å². The highest BCUT2D eigenvalue weighted by Gasteiger charge is 2.30. The van der Waals surface area contributed by atoms with Crippen molar-refractivity contribution in [2.24, 2.45) is 5.92 Å². The van der Waals surface area contributed by atoms with E-state index in [1.807, 2.05) is 32.0 Å². The highest BCUT2D eigenvalue weighted by Crippen LogP contribution is 2.21. The second kappa shape index (κ2) is 7.97. The van der Waals surface area contributed by atoms with Gasteiger partial charge in [0.15, 0.2) is 0 Å². The monoisotopic (exact) mass is 330 g/mol. The van der Waals surface area contributed by atoms with E-state index in [4.69, 9.17) is 0 Å². The number of aromatic nitrogens is 1. The van der Waals surface area contributed by atoms with E-state index in [0.717, 1.165) is 50.4 Å². The topological polar surface area (TPSA) is 57.3 Å². The third-order valence-electron chi connectivity index (χ3n) is 5.41. The van der Waals surface area contributed by atoms with E-state index < -0.39 is 0 Å². The summed E-state index contributed by atoms with van der Waals surface area (Å²) < 4.78 is 0. The molecule has 1 aliphatic carbocycles. The van der Waals surface area contributed by atoms with Crippen LogP contribution in [0.1, 0.15) is 44.7 Å². The normalized spacial score (nSPS) is 23.3. The Balaban J connectivity index is 1.43. The maximum atomic E-state index is 12.4. The van der Waals surface area contributed by atoms with Crippen LogP contribution in [0.15, 0.2) is 18.2 Å². The Labute approximate surface area is 145 Å². The fourth-order valence-corrected chi connectivity index (χ4v) is 3.83. The van der Waals surface area contributed by atoms with Crippen LogP contribution in [0.4, 0.5) is 5.82 Å². The highest BCUT2D eigenvalue weighted by atomic mass is 16.2. The van der Waals surface area contributed by atoms with Crippen LogP contribution < -0.4 is 10.6 Å². The number of amides is 1. The quantitative estimate of drug-likeness (QED) is 0.842. The van der Waals surface area contributed by atoms with Crippen LogP contribution in [-0.4, -0.2) is 47.5 Å². The van der Waals surface area contributed by atoms with Crippen molar-refractivity contribution < 1.29 is 4.79 Å². The van der Waals surface area contributed by atoms with Crippen molar-refractivity contribution in [3.05, 3.63) is 23.9 Å². The average molecular weight is 330 g/mol. The molecule has 2 aliphatic rings. The molecule has 1 saturated heterocycles. The van der Waals surface area contributed by atoms with Crippen molar-refractivity contribution in [3.8, 4) is 0 Å². The molecule has 1 amide bonds. The lowest BCUT2D eigenvalue weighted by molar-refractivity contribution is -0.126. The van der Waals surface area contributed by atoms with Crippen LogP contribution in [0.2, 0.25) is 0 Å². The fourth-order valence-electron chi connectivity index (χ4n) is 3.83. The zero-order valence-corrected chi connectivity index (χ0v) is 14.9. The lowest BCUT2D eigenvalue weighted by Crippen LogP contribution is -2.47. The number of carbonyl (C=O) groups is 1. The Morgan fingerprint density at radius 1 is 1.33 bits per heavy atom. The third-order valence-corrected chi connectivity index (χ3v) is 5.41. The van der Waals surface area contributed by atoms with Crippen LogP contribution in [0.5, 0.6) is 0 Å². The summed E-state index contributed by atoms with van der Waals surface area (Å²) in [6, 6.07) is 6.44. The first-order valence-electron chi connectivity index (χ1n) is 9.34. The number of nitrogens with zero attached hydrogens (tertiary/aromatic N) is 2. The van der Waals surface area contributed by atoms with Gasteiger partial charge in [0.1, 0.15) is 5.82 Å². The van der Waals surface area contributed by atoms with Gasteiger partial charge in [0.2, 0.25) is 5.91 Å². The average Bonchev–Trinajstić information content (AvgIpc) is 3.24. The van der Waals surface area contributed by atoms with Crippen LogP contribution in [0, 0.1) is 12.8 Å². The molecule has 1 aromatic heterocycles. The molecule has 132 valence electrons. The molecule has 2 N–H and O–H groups in total. The summed E-state index contributed by atoms with van der Waals surface area (Å²) in [6.45, 7) is 6.96. The largest absolute Gasteiger partial charge is 0.370 e. The van der Waals surface area contributed by atoms with Crippen LogP contribution in [0.3, 0.4) is 0 Å². The van der Waals surface area contributed by atoms with Crippen LogP contribution in [-0.2, 0) is 4.79 Å². The Bertz CT molecular complexity index is 556. The number of nitrogens with one attached hydrogen (secondary N) is 2. The van der Waals surface area contributed by atoms with Crippen molar-refractivity contribution >= 4 is 11.7 Å². The lowest BCUT2D eigenvalue weighted by atomic mass is 10.1. The van der Waals surface area contributed by atoms with Gasteiger partial charge in [0.05, 0.1) is 6.04 Å². The zero-order valence-electron chi connectivity index (χ0n) is 14.9. The zero-order chi connectivity index (χ0) is 16.9. The third kappa shape index (κ3) is 4.47. The fraction of sp³-hybridized carbons (Fsp3) is 0.684. The summed E-state index contributed by atoms with van der Waals surface area (Å²) in [5.74, 6) is 1.73. The van der Waals surface area contributed by atoms with E-state index in [1.165, 1.54) is 12.8 Å². The van der Waals surface area contributed by atoms with Crippen LogP contribution in [0.25, 0.3) is 0 Å². The Kier molecular flexibility index (Phi) is 5.72. The number of aryl methyl sites for hydroxylation is 1. The molecule has 1 aliphatic heterocycles. The highest BCUT2D eigenvalue weighted by molar-refractivity contribution is 5.81. The minimum Gasteiger partial charge on any atom is -0.370 e. The van der Waals surface area contributed by atoms with Gasteiger partial charge in [-0.3, -0.25) is 9.69 Å². The van der Waals surface area contributed by atoms with E-state index in [9.17, 15) is 4.79 Å². The van der Waals surface area contributed by atoms with Gasteiger partial charge in [0, 0.05) is 24.8 Å². The second-order valence-electron chi connectivity index (χ2n) is 7.36. The maximum Gasteiger partial charge on any atom is 0.237 e. The van der Waals surface area contributed by atoms with Gasteiger partial charge in [-0.15, -0.1) is 0 Å². The van der Waals surface area contributed by atoms with Crippen molar-refractivity contribution in [1.82, 2.24) is 15.2 Å². The predicted molar refractivity (Wildman–Crippen MR) is 97.0 cm³/mol. The number of anilines is 1. The molecule has 1 saturated carbocycles. The SMILES string of the molecule is Cc1cccc(NC[C@H]2CCN([C@@H](C)C(=O)NC3CCCC3)C2)n1. The molecular formula is C19H30N4O. The molecule has 2 fully saturated rings. The molecule has 3 rings (SSSR count). The first-order valence-corrected chi connectivity index (χ1v) is 9.34. The van der Waals surface area contributed by atoms with Crippen molar-refractivity contribution in [1.29, 1.82) is 0 Å². The summed E-state index contributed by atoms with van der Waals surface area (Å²) in [5, 5.41) is 6.66. The maximum absolute atomic E-state index is 12.4. The number of pyridine rings is 1. The molecule has 2 atom stereocenters. The Morgan fingerprint density at radius 2 is 2.12 bits per heavy atom. The summed E-state index contributed by atoms with van der Waals surface area (Å²) in [7, 11) is 0. The molecule has 5 nitrogen and oxygen atoms in total. The summed E-state index contributed by atoms with van der Waals surface area (Å²) >= 11 is 0. The van der Waals surface area contributed by atoms with Gasteiger partial charge in [-0.25, -0.2) is 4.98 Å². The molecule has 0 spiro atoms. The van der Waals surface area contributed by atoms with E-state index >= 15 is 0 Å². The molecule has 0 bridgehead atoms. The molecule has 1 aromatic rings. The molecule has 0 unspecified atom stereocenters. The smallest absolute Gasteiger partial charge is 0.237 e. The molecular weight excluding hydrogens is 300 g/mol. The Morgan fingerprint density at radius 3 is 2.88 bits per heavy atom. The van der Waals surface area contributed by atoms with E-state index in [-0.39, 0.29) is 11.9 Å². The Hall–Kier alpha value is -1.62. The minimum atomic E-state index is -0.0207. The lowest BCUT2D eigenvalue weighted by Gasteiger charge is -2.25. The molecule has 5 heteroatoms. The van der Waals surface area contributed by atoms with Gasteiger partial charge in [-0.1, -0.05) is 18.9 Å². The van der Waals surface area contributed by atoms with Gasteiger partial charge in [-0.05, 0) is 57.7 Å². The van der Waals surface area contributed by atoms with E-state index in [2.05, 4.69) is 20.5 Å². The number of likely N-dealkylation sites (tertiary alicyclic amines) is 1.